The number of hydrogen-bond donors (Lipinski definition) is 1. The number of anilines is 1. The van der Waals surface area contributed by atoms with Gasteiger partial charge in [0.25, 0.3) is 0 Å². The van der Waals surface area contributed by atoms with Crippen molar-refractivity contribution < 1.29 is 0 Å². The molecule has 2 heterocycles. The third kappa shape index (κ3) is 2.48. The topological polar surface area (TPSA) is 55.6 Å². The van der Waals surface area contributed by atoms with E-state index in [1.165, 1.54) is 0 Å². The SMILES string of the molecule is CCc1nc(NC)c(C)c(Sc2nccn2C)n1. The number of hydrogen-bond acceptors (Lipinski definition) is 5. The van der Waals surface area contributed by atoms with Crippen LogP contribution in [0.3, 0.4) is 0 Å². The first-order chi connectivity index (χ1) is 8.65. The quantitative estimate of drug-likeness (QED) is 0.858. The zero-order valence-corrected chi connectivity index (χ0v) is 11.9. The fraction of sp³-hybridized carbons (Fsp3) is 0.417. The van der Waals surface area contributed by atoms with Crippen LogP contribution in [0.5, 0.6) is 0 Å². The molecule has 2 rings (SSSR count). The number of rotatable bonds is 4. The number of imidazole rings is 1. The minimum atomic E-state index is 0.823. The highest BCUT2D eigenvalue weighted by atomic mass is 32.2. The van der Waals surface area contributed by atoms with E-state index in [0.29, 0.717) is 0 Å². The molecule has 0 aliphatic heterocycles. The molecule has 6 heteroatoms. The summed E-state index contributed by atoms with van der Waals surface area (Å²) in [5.41, 5.74) is 1.06. The molecule has 0 aliphatic carbocycles. The van der Waals surface area contributed by atoms with Gasteiger partial charge in [0, 0.05) is 38.5 Å². The minimum absolute atomic E-state index is 0.823. The Balaban J connectivity index is 2.40. The lowest BCUT2D eigenvalue weighted by Crippen LogP contribution is -2.04. The molecule has 0 unspecified atom stereocenters. The Morgan fingerprint density at radius 2 is 2.17 bits per heavy atom. The molecule has 2 aromatic heterocycles. The maximum absolute atomic E-state index is 4.57. The van der Waals surface area contributed by atoms with E-state index in [4.69, 9.17) is 0 Å². The van der Waals surface area contributed by atoms with Gasteiger partial charge in [-0.15, -0.1) is 0 Å². The summed E-state index contributed by atoms with van der Waals surface area (Å²) in [6.45, 7) is 4.08. The molecule has 0 saturated heterocycles. The fourth-order valence-corrected chi connectivity index (χ4v) is 2.47. The van der Waals surface area contributed by atoms with Gasteiger partial charge in [0.2, 0.25) is 0 Å². The Morgan fingerprint density at radius 1 is 1.39 bits per heavy atom. The van der Waals surface area contributed by atoms with Gasteiger partial charge in [0.1, 0.15) is 16.7 Å². The van der Waals surface area contributed by atoms with Gasteiger partial charge in [-0.1, -0.05) is 6.92 Å². The summed E-state index contributed by atoms with van der Waals surface area (Å²) in [5, 5.41) is 5.00. The van der Waals surface area contributed by atoms with Crippen LogP contribution in [0, 0.1) is 6.92 Å². The molecular weight excluding hydrogens is 246 g/mol. The Labute approximate surface area is 111 Å². The summed E-state index contributed by atoms with van der Waals surface area (Å²) >= 11 is 1.57. The molecule has 0 spiro atoms. The summed E-state index contributed by atoms with van der Waals surface area (Å²) in [4.78, 5) is 13.3. The molecule has 0 aliphatic rings. The molecule has 2 aromatic rings. The van der Waals surface area contributed by atoms with E-state index in [1.54, 1.807) is 18.0 Å². The Kier molecular flexibility index (Phi) is 3.86. The van der Waals surface area contributed by atoms with Crippen molar-refractivity contribution >= 4 is 17.6 Å². The minimum Gasteiger partial charge on any atom is -0.373 e. The van der Waals surface area contributed by atoms with Crippen LogP contribution >= 0.6 is 11.8 Å². The van der Waals surface area contributed by atoms with Crippen LogP contribution in [-0.2, 0) is 13.5 Å². The summed E-state index contributed by atoms with van der Waals surface area (Å²) in [5.74, 6) is 1.74. The van der Waals surface area contributed by atoms with Gasteiger partial charge in [0.05, 0.1) is 0 Å². The van der Waals surface area contributed by atoms with Crippen molar-refractivity contribution in [3.05, 3.63) is 23.8 Å². The second-order valence-electron chi connectivity index (χ2n) is 3.94. The lowest BCUT2D eigenvalue weighted by atomic mass is 10.3. The number of nitrogens with one attached hydrogen (secondary N) is 1. The van der Waals surface area contributed by atoms with Crippen LogP contribution < -0.4 is 5.32 Å². The van der Waals surface area contributed by atoms with Crippen molar-refractivity contribution in [1.29, 1.82) is 0 Å². The Bertz CT molecular complexity index is 549. The van der Waals surface area contributed by atoms with Gasteiger partial charge in [-0.05, 0) is 18.7 Å². The first-order valence-corrected chi connectivity index (χ1v) is 6.67. The summed E-state index contributed by atoms with van der Waals surface area (Å²) in [7, 11) is 3.86. The van der Waals surface area contributed by atoms with E-state index in [-0.39, 0.29) is 0 Å². The fourth-order valence-electron chi connectivity index (χ4n) is 1.58. The third-order valence-electron chi connectivity index (χ3n) is 2.67. The first kappa shape index (κ1) is 12.9. The summed E-state index contributed by atoms with van der Waals surface area (Å²) < 4.78 is 1.98. The van der Waals surface area contributed by atoms with Gasteiger partial charge >= 0.3 is 0 Å². The lowest BCUT2D eigenvalue weighted by molar-refractivity contribution is 0.785. The van der Waals surface area contributed by atoms with E-state index >= 15 is 0 Å². The molecule has 5 nitrogen and oxygen atoms in total. The predicted molar refractivity (Wildman–Crippen MR) is 73.0 cm³/mol. The molecule has 0 amide bonds. The summed E-state index contributed by atoms with van der Waals surface area (Å²) in [6, 6.07) is 0. The molecule has 0 radical (unpaired) electrons. The molecule has 0 fully saturated rings. The summed E-state index contributed by atoms with van der Waals surface area (Å²) in [6.07, 6.45) is 4.54. The second kappa shape index (κ2) is 5.39. The second-order valence-corrected chi connectivity index (χ2v) is 4.90. The van der Waals surface area contributed by atoms with E-state index in [1.807, 2.05) is 31.8 Å². The predicted octanol–water partition coefficient (Wildman–Crippen LogP) is 2.27. The number of aromatic nitrogens is 4. The first-order valence-electron chi connectivity index (χ1n) is 5.86. The van der Waals surface area contributed by atoms with Crippen molar-refractivity contribution in [3.8, 4) is 0 Å². The standard InChI is InChI=1S/C12H17N5S/c1-5-9-15-10(13-3)8(2)11(16-9)18-12-14-6-7-17(12)4/h6-7H,5H2,1-4H3,(H,13,15,16). The zero-order chi connectivity index (χ0) is 13.1. The molecule has 0 atom stereocenters. The van der Waals surface area contributed by atoms with Gasteiger partial charge in [-0.3, -0.25) is 0 Å². The molecule has 18 heavy (non-hydrogen) atoms. The molecule has 0 aromatic carbocycles. The average Bonchev–Trinajstić information content (AvgIpc) is 2.77. The van der Waals surface area contributed by atoms with E-state index < -0.39 is 0 Å². The average molecular weight is 263 g/mol. The maximum Gasteiger partial charge on any atom is 0.174 e. The maximum atomic E-state index is 4.57. The van der Waals surface area contributed by atoms with Crippen LogP contribution in [0.4, 0.5) is 5.82 Å². The van der Waals surface area contributed by atoms with Gasteiger partial charge in [-0.25, -0.2) is 15.0 Å². The molecular formula is C12H17N5S. The monoisotopic (exact) mass is 263 g/mol. The van der Waals surface area contributed by atoms with Crippen LogP contribution in [0.25, 0.3) is 0 Å². The molecule has 0 bridgehead atoms. The van der Waals surface area contributed by atoms with Gasteiger partial charge in [0.15, 0.2) is 5.16 Å². The largest absolute Gasteiger partial charge is 0.373 e. The lowest BCUT2D eigenvalue weighted by Gasteiger charge is -2.10. The number of aryl methyl sites for hydroxylation is 2. The van der Waals surface area contributed by atoms with Crippen molar-refractivity contribution in [2.75, 3.05) is 12.4 Å². The molecule has 0 saturated carbocycles. The van der Waals surface area contributed by atoms with E-state index in [0.717, 1.165) is 33.8 Å². The number of nitrogens with zero attached hydrogens (tertiary/aromatic N) is 4. The van der Waals surface area contributed by atoms with Crippen molar-refractivity contribution in [3.63, 3.8) is 0 Å². The van der Waals surface area contributed by atoms with Crippen LogP contribution in [-0.4, -0.2) is 26.6 Å². The zero-order valence-electron chi connectivity index (χ0n) is 11.1. The Morgan fingerprint density at radius 3 is 2.72 bits per heavy atom. The molecule has 96 valence electrons. The van der Waals surface area contributed by atoms with Gasteiger partial charge in [-0.2, -0.15) is 0 Å². The van der Waals surface area contributed by atoms with Crippen molar-refractivity contribution in [2.45, 2.75) is 30.5 Å². The highest BCUT2D eigenvalue weighted by Gasteiger charge is 2.12. The van der Waals surface area contributed by atoms with Crippen LogP contribution in [0.1, 0.15) is 18.3 Å². The Hall–Kier alpha value is -1.56. The third-order valence-corrected chi connectivity index (χ3v) is 3.83. The van der Waals surface area contributed by atoms with Crippen LogP contribution in [0.15, 0.2) is 22.6 Å². The van der Waals surface area contributed by atoms with Crippen molar-refractivity contribution in [2.24, 2.45) is 7.05 Å². The normalized spacial score (nSPS) is 10.7. The molecule has 1 N–H and O–H groups in total. The van der Waals surface area contributed by atoms with Gasteiger partial charge < -0.3 is 9.88 Å². The van der Waals surface area contributed by atoms with Crippen molar-refractivity contribution in [1.82, 2.24) is 19.5 Å². The van der Waals surface area contributed by atoms with E-state index in [9.17, 15) is 0 Å². The smallest absolute Gasteiger partial charge is 0.174 e. The van der Waals surface area contributed by atoms with Crippen LogP contribution in [0.2, 0.25) is 0 Å². The van der Waals surface area contributed by atoms with E-state index in [2.05, 4.69) is 27.2 Å². The highest BCUT2D eigenvalue weighted by Crippen LogP contribution is 2.29. The highest BCUT2D eigenvalue weighted by molar-refractivity contribution is 7.99.